The summed E-state index contributed by atoms with van der Waals surface area (Å²) in [7, 11) is 0. The second-order valence-electron chi connectivity index (χ2n) is 5.39. The van der Waals surface area contributed by atoms with Crippen molar-refractivity contribution in [1.29, 1.82) is 0 Å². The Labute approximate surface area is 128 Å². The molecule has 0 saturated heterocycles. The second kappa shape index (κ2) is 5.69. The predicted molar refractivity (Wildman–Crippen MR) is 84.6 cm³/mol. The van der Waals surface area contributed by atoms with Crippen molar-refractivity contribution in [3.8, 4) is 5.75 Å². The molecule has 5 heteroatoms. The molecule has 0 saturated carbocycles. The maximum Gasteiger partial charge on any atom is 0.150 e. The summed E-state index contributed by atoms with van der Waals surface area (Å²) < 4.78 is 18.6. The van der Waals surface area contributed by atoms with Crippen LogP contribution in [0.15, 0.2) is 54.0 Å². The van der Waals surface area contributed by atoms with Gasteiger partial charge in [-0.25, -0.2) is 4.39 Å². The topological polar surface area (TPSA) is 73.3 Å². The lowest BCUT2D eigenvalue weighted by atomic mass is 9.99. The molecule has 1 atom stereocenters. The molecule has 3 rings (SSSR count). The lowest BCUT2D eigenvalue weighted by Gasteiger charge is -2.22. The Balaban J connectivity index is 1.79. The number of hydrogen-bond acceptors (Lipinski definition) is 4. The lowest BCUT2D eigenvalue weighted by Crippen LogP contribution is -2.20. The zero-order valence-electron chi connectivity index (χ0n) is 12.3. The highest BCUT2D eigenvalue weighted by atomic mass is 19.1. The molecule has 2 aromatic rings. The van der Waals surface area contributed by atoms with Crippen LogP contribution in [0.4, 0.5) is 10.1 Å². The van der Waals surface area contributed by atoms with Gasteiger partial charge in [0, 0.05) is 6.04 Å². The van der Waals surface area contributed by atoms with E-state index in [-0.39, 0.29) is 11.9 Å². The highest BCUT2D eigenvalue weighted by molar-refractivity contribution is 5.63. The van der Waals surface area contributed by atoms with Crippen LogP contribution in [0.1, 0.15) is 24.1 Å². The summed E-state index contributed by atoms with van der Waals surface area (Å²) in [5.74, 6) is 1.63. The summed E-state index contributed by atoms with van der Waals surface area (Å²) in [6, 6.07) is 11.9. The SMILES string of the molecule is CC1=C(N)Nc2cc(C(N)Cc3ccc(F)cc3)ccc2O1. The fourth-order valence-electron chi connectivity index (χ4n) is 2.41. The van der Waals surface area contributed by atoms with Gasteiger partial charge in [-0.3, -0.25) is 0 Å². The number of ether oxygens (including phenoxy) is 1. The van der Waals surface area contributed by atoms with Crippen molar-refractivity contribution in [1.82, 2.24) is 0 Å². The Hall–Kier alpha value is -2.53. The van der Waals surface area contributed by atoms with Gasteiger partial charge in [0.1, 0.15) is 17.4 Å². The van der Waals surface area contributed by atoms with Crippen molar-refractivity contribution in [3.63, 3.8) is 0 Å². The smallest absolute Gasteiger partial charge is 0.150 e. The molecule has 1 aliphatic rings. The monoisotopic (exact) mass is 299 g/mol. The van der Waals surface area contributed by atoms with E-state index in [0.29, 0.717) is 18.0 Å². The van der Waals surface area contributed by atoms with Gasteiger partial charge in [-0.1, -0.05) is 18.2 Å². The van der Waals surface area contributed by atoms with E-state index in [2.05, 4.69) is 5.32 Å². The molecule has 0 bridgehead atoms. The molecule has 0 aromatic heterocycles. The molecule has 0 radical (unpaired) electrons. The molecule has 2 aromatic carbocycles. The summed E-state index contributed by atoms with van der Waals surface area (Å²) in [5.41, 5.74) is 14.8. The first kappa shape index (κ1) is 14.4. The van der Waals surface area contributed by atoms with E-state index in [1.54, 1.807) is 19.1 Å². The molecule has 114 valence electrons. The summed E-state index contributed by atoms with van der Waals surface area (Å²) in [5, 5.41) is 3.10. The van der Waals surface area contributed by atoms with Gasteiger partial charge in [0.25, 0.3) is 0 Å². The molecular formula is C17H18FN3O. The quantitative estimate of drug-likeness (QED) is 0.814. The normalized spacial score (nSPS) is 14.9. The fourth-order valence-corrected chi connectivity index (χ4v) is 2.41. The molecule has 1 heterocycles. The Kier molecular flexibility index (Phi) is 3.73. The number of nitrogens with one attached hydrogen (secondary N) is 1. The average molecular weight is 299 g/mol. The highest BCUT2D eigenvalue weighted by Crippen LogP contribution is 2.33. The van der Waals surface area contributed by atoms with E-state index < -0.39 is 0 Å². The number of fused-ring (bicyclic) bond motifs is 1. The van der Waals surface area contributed by atoms with Gasteiger partial charge in [0.15, 0.2) is 5.75 Å². The zero-order chi connectivity index (χ0) is 15.7. The number of benzene rings is 2. The number of anilines is 1. The predicted octanol–water partition coefficient (Wildman–Crippen LogP) is 3.02. The van der Waals surface area contributed by atoms with Gasteiger partial charge in [0.2, 0.25) is 0 Å². The van der Waals surface area contributed by atoms with Crippen molar-refractivity contribution in [2.24, 2.45) is 11.5 Å². The minimum atomic E-state index is -0.245. The molecule has 0 amide bonds. The Morgan fingerprint density at radius 1 is 1.18 bits per heavy atom. The Morgan fingerprint density at radius 3 is 2.64 bits per heavy atom. The van der Waals surface area contributed by atoms with E-state index in [4.69, 9.17) is 16.2 Å². The third-order valence-electron chi connectivity index (χ3n) is 3.71. The van der Waals surface area contributed by atoms with E-state index >= 15 is 0 Å². The summed E-state index contributed by atoms with van der Waals surface area (Å²) >= 11 is 0. The molecule has 4 nitrogen and oxygen atoms in total. The second-order valence-corrected chi connectivity index (χ2v) is 5.39. The van der Waals surface area contributed by atoms with Crippen LogP contribution in [0.2, 0.25) is 0 Å². The summed E-state index contributed by atoms with van der Waals surface area (Å²) in [6.07, 6.45) is 0.629. The molecule has 22 heavy (non-hydrogen) atoms. The number of rotatable bonds is 3. The standard InChI is InChI=1S/C17H18FN3O/c1-10-17(20)21-15-9-12(4-7-16(15)22-10)14(19)8-11-2-5-13(18)6-3-11/h2-7,9,14,21H,8,19-20H2,1H3. The molecule has 1 unspecified atom stereocenters. The van der Waals surface area contributed by atoms with Crippen molar-refractivity contribution in [2.75, 3.05) is 5.32 Å². The van der Waals surface area contributed by atoms with Crippen LogP contribution < -0.4 is 21.5 Å². The number of nitrogens with two attached hydrogens (primary N) is 2. The van der Waals surface area contributed by atoms with Crippen LogP contribution >= 0.6 is 0 Å². The molecule has 5 N–H and O–H groups in total. The third kappa shape index (κ3) is 2.89. The van der Waals surface area contributed by atoms with Crippen LogP contribution in [0.25, 0.3) is 0 Å². The molecule has 1 aliphatic heterocycles. The maximum absolute atomic E-state index is 12.9. The van der Waals surface area contributed by atoms with Gasteiger partial charge < -0.3 is 21.5 Å². The Morgan fingerprint density at radius 2 is 1.91 bits per heavy atom. The first-order valence-electron chi connectivity index (χ1n) is 7.08. The zero-order valence-corrected chi connectivity index (χ0v) is 12.3. The van der Waals surface area contributed by atoms with E-state index in [1.807, 2.05) is 18.2 Å². The van der Waals surface area contributed by atoms with E-state index in [0.717, 1.165) is 22.6 Å². The van der Waals surface area contributed by atoms with Crippen molar-refractivity contribution >= 4 is 5.69 Å². The highest BCUT2D eigenvalue weighted by Gasteiger charge is 2.16. The van der Waals surface area contributed by atoms with E-state index in [9.17, 15) is 4.39 Å². The first-order valence-corrected chi connectivity index (χ1v) is 7.08. The Bertz CT molecular complexity index is 725. The van der Waals surface area contributed by atoms with Gasteiger partial charge in [-0.2, -0.15) is 0 Å². The van der Waals surface area contributed by atoms with Crippen LogP contribution in [0.3, 0.4) is 0 Å². The molecular weight excluding hydrogens is 281 g/mol. The van der Waals surface area contributed by atoms with Gasteiger partial charge in [-0.15, -0.1) is 0 Å². The number of halogens is 1. The maximum atomic E-state index is 12.9. The van der Waals surface area contributed by atoms with Crippen molar-refractivity contribution in [2.45, 2.75) is 19.4 Å². The minimum absolute atomic E-state index is 0.189. The largest absolute Gasteiger partial charge is 0.456 e. The van der Waals surface area contributed by atoms with Crippen LogP contribution in [-0.4, -0.2) is 0 Å². The summed E-state index contributed by atoms with van der Waals surface area (Å²) in [4.78, 5) is 0. The first-order chi connectivity index (χ1) is 10.5. The van der Waals surface area contributed by atoms with Crippen LogP contribution in [0, 0.1) is 5.82 Å². The van der Waals surface area contributed by atoms with Crippen LogP contribution in [0.5, 0.6) is 5.75 Å². The van der Waals surface area contributed by atoms with Crippen molar-refractivity contribution < 1.29 is 9.13 Å². The lowest BCUT2D eigenvalue weighted by molar-refractivity contribution is 0.415. The average Bonchev–Trinajstić information content (AvgIpc) is 2.50. The van der Waals surface area contributed by atoms with Gasteiger partial charge >= 0.3 is 0 Å². The molecule has 0 fully saturated rings. The number of allylic oxidation sites excluding steroid dienone is 1. The summed E-state index contributed by atoms with van der Waals surface area (Å²) in [6.45, 7) is 1.81. The van der Waals surface area contributed by atoms with Crippen molar-refractivity contribution in [3.05, 3.63) is 71.0 Å². The minimum Gasteiger partial charge on any atom is -0.456 e. The van der Waals surface area contributed by atoms with Gasteiger partial charge in [-0.05, 0) is 48.7 Å². The van der Waals surface area contributed by atoms with E-state index in [1.165, 1.54) is 12.1 Å². The molecule has 0 spiro atoms. The van der Waals surface area contributed by atoms with Gasteiger partial charge in [0.05, 0.1) is 5.69 Å². The molecule has 0 aliphatic carbocycles. The number of hydrogen-bond donors (Lipinski definition) is 3. The fraction of sp³-hybridized carbons (Fsp3) is 0.176. The van der Waals surface area contributed by atoms with Crippen LogP contribution in [-0.2, 0) is 6.42 Å². The third-order valence-corrected chi connectivity index (χ3v) is 3.71.